The third-order valence-corrected chi connectivity index (χ3v) is 2.47. The van der Waals surface area contributed by atoms with Crippen LogP contribution < -0.4 is 10.1 Å². The Morgan fingerprint density at radius 1 is 1.50 bits per heavy atom. The van der Waals surface area contributed by atoms with E-state index in [0.717, 1.165) is 11.5 Å². The summed E-state index contributed by atoms with van der Waals surface area (Å²) in [6.45, 7) is 0.601. The van der Waals surface area contributed by atoms with Crippen molar-refractivity contribution >= 4 is 17.3 Å². The van der Waals surface area contributed by atoms with Crippen LogP contribution in [0.5, 0.6) is 5.75 Å². The van der Waals surface area contributed by atoms with Crippen LogP contribution in [0.25, 0.3) is 0 Å². The molecule has 0 aliphatic carbocycles. The van der Waals surface area contributed by atoms with Gasteiger partial charge in [-0.1, -0.05) is 17.7 Å². The number of nitrogens with one attached hydrogen (secondary N) is 2. The summed E-state index contributed by atoms with van der Waals surface area (Å²) in [5.41, 5.74) is 0.853. The standard InChI is InChI=1S/C11H12ClN3O/c1-16-11-8(12)3-2-4-9(11)15-7-10-13-5-6-14-10/h2-6,15H,7H2,1H3,(H,13,14). The predicted octanol–water partition coefficient (Wildman–Crippen LogP) is 2.68. The maximum atomic E-state index is 6.00. The van der Waals surface area contributed by atoms with Crippen LogP contribution in [0.3, 0.4) is 0 Å². The van der Waals surface area contributed by atoms with Gasteiger partial charge in [0.15, 0.2) is 5.75 Å². The third-order valence-electron chi connectivity index (χ3n) is 2.17. The van der Waals surface area contributed by atoms with Crippen molar-refractivity contribution < 1.29 is 4.74 Å². The van der Waals surface area contributed by atoms with Crippen LogP contribution in [0.2, 0.25) is 5.02 Å². The average molecular weight is 238 g/mol. The minimum Gasteiger partial charge on any atom is -0.493 e. The molecule has 0 radical (unpaired) electrons. The fourth-order valence-electron chi connectivity index (χ4n) is 1.43. The van der Waals surface area contributed by atoms with Crippen LogP contribution in [0, 0.1) is 0 Å². The number of aromatic nitrogens is 2. The lowest BCUT2D eigenvalue weighted by Crippen LogP contribution is -2.02. The van der Waals surface area contributed by atoms with E-state index < -0.39 is 0 Å². The summed E-state index contributed by atoms with van der Waals surface area (Å²) < 4.78 is 5.22. The monoisotopic (exact) mass is 237 g/mol. The van der Waals surface area contributed by atoms with Crippen molar-refractivity contribution in [1.82, 2.24) is 9.97 Å². The molecule has 0 fully saturated rings. The van der Waals surface area contributed by atoms with Gasteiger partial charge in [0.1, 0.15) is 5.82 Å². The largest absolute Gasteiger partial charge is 0.493 e. The van der Waals surface area contributed by atoms with E-state index in [2.05, 4.69) is 15.3 Å². The molecule has 1 aromatic carbocycles. The quantitative estimate of drug-likeness (QED) is 0.860. The van der Waals surface area contributed by atoms with Crippen molar-refractivity contribution in [1.29, 1.82) is 0 Å². The Morgan fingerprint density at radius 3 is 3.06 bits per heavy atom. The van der Waals surface area contributed by atoms with Gasteiger partial charge in [0.2, 0.25) is 0 Å². The summed E-state index contributed by atoms with van der Waals surface area (Å²) in [6.07, 6.45) is 3.50. The number of imidazole rings is 1. The lowest BCUT2D eigenvalue weighted by molar-refractivity contribution is 0.416. The second-order valence-electron chi connectivity index (χ2n) is 3.21. The van der Waals surface area contributed by atoms with Gasteiger partial charge < -0.3 is 15.0 Å². The molecule has 2 N–H and O–H groups in total. The normalized spacial score (nSPS) is 10.1. The SMILES string of the molecule is COc1c(Cl)cccc1NCc1ncc[nH]1. The Labute approximate surface area is 98.6 Å². The number of ether oxygens (including phenoxy) is 1. The van der Waals surface area contributed by atoms with E-state index in [4.69, 9.17) is 16.3 Å². The van der Waals surface area contributed by atoms with Crippen molar-refractivity contribution in [2.24, 2.45) is 0 Å². The fraction of sp³-hybridized carbons (Fsp3) is 0.182. The van der Waals surface area contributed by atoms with Gasteiger partial charge in [-0.15, -0.1) is 0 Å². The summed E-state index contributed by atoms with van der Waals surface area (Å²) in [6, 6.07) is 5.57. The molecule has 2 aromatic rings. The molecule has 2 rings (SSSR count). The highest BCUT2D eigenvalue weighted by atomic mass is 35.5. The van der Waals surface area contributed by atoms with Crippen molar-refractivity contribution in [2.45, 2.75) is 6.54 Å². The van der Waals surface area contributed by atoms with Gasteiger partial charge in [-0.25, -0.2) is 4.98 Å². The zero-order valence-corrected chi connectivity index (χ0v) is 9.58. The molecule has 0 saturated carbocycles. The van der Waals surface area contributed by atoms with E-state index in [1.165, 1.54) is 0 Å². The lowest BCUT2D eigenvalue weighted by Gasteiger charge is -2.11. The number of rotatable bonds is 4. The third kappa shape index (κ3) is 2.28. The molecule has 4 nitrogen and oxygen atoms in total. The lowest BCUT2D eigenvalue weighted by atomic mass is 10.3. The molecule has 0 bridgehead atoms. The van der Waals surface area contributed by atoms with E-state index >= 15 is 0 Å². The first-order valence-electron chi connectivity index (χ1n) is 4.86. The number of hydrogen-bond acceptors (Lipinski definition) is 3. The van der Waals surface area contributed by atoms with Gasteiger partial charge in [-0.3, -0.25) is 0 Å². The molecule has 0 amide bonds. The molecule has 0 unspecified atom stereocenters. The number of benzene rings is 1. The van der Waals surface area contributed by atoms with Crippen molar-refractivity contribution in [2.75, 3.05) is 12.4 Å². The number of aromatic amines is 1. The van der Waals surface area contributed by atoms with Crippen molar-refractivity contribution in [3.63, 3.8) is 0 Å². The van der Waals surface area contributed by atoms with E-state index in [0.29, 0.717) is 17.3 Å². The number of nitrogens with zero attached hydrogens (tertiary/aromatic N) is 1. The molecule has 1 aromatic heterocycles. The summed E-state index contributed by atoms with van der Waals surface area (Å²) in [4.78, 5) is 7.13. The maximum absolute atomic E-state index is 6.00. The van der Waals surface area contributed by atoms with Crippen molar-refractivity contribution in [3.8, 4) is 5.75 Å². The molecule has 0 saturated heterocycles. The summed E-state index contributed by atoms with van der Waals surface area (Å²) in [7, 11) is 1.60. The predicted molar refractivity (Wildman–Crippen MR) is 63.9 cm³/mol. The van der Waals surface area contributed by atoms with Crippen LogP contribution in [0.4, 0.5) is 5.69 Å². The highest BCUT2D eigenvalue weighted by Crippen LogP contribution is 2.32. The average Bonchev–Trinajstić information content (AvgIpc) is 2.79. The van der Waals surface area contributed by atoms with Gasteiger partial charge in [0.05, 0.1) is 24.4 Å². The van der Waals surface area contributed by atoms with Gasteiger partial charge >= 0.3 is 0 Å². The summed E-state index contributed by atoms with van der Waals surface area (Å²) in [5.74, 6) is 1.51. The zero-order chi connectivity index (χ0) is 11.4. The summed E-state index contributed by atoms with van der Waals surface area (Å²) in [5, 5.41) is 3.79. The first kappa shape index (κ1) is 10.8. The molecule has 0 atom stereocenters. The Hall–Kier alpha value is -1.68. The molecule has 5 heteroatoms. The second-order valence-corrected chi connectivity index (χ2v) is 3.62. The van der Waals surface area contributed by atoms with E-state index in [1.807, 2.05) is 12.1 Å². The van der Waals surface area contributed by atoms with Crippen molar-refractivity contribution in [3.05, 3.63) is 41.4 Å². The number of anilines is 1. The molecular weight excluding hydrogens is 226 g/mol. The molecule has 0 spiro atoms. The first-order chi connectivity index (χ1) is 7.81. The molecule has 0 aliphatic heterocycles. The Kier molecular flexibility index (Phi) is 3.31. The Balaban J connectivity index is 2.12. The first-order valence-corrected chi connectivity index (χ1v) is 5.23. The Bertz CT molecular complexity index is 456. The van der Waals surface area contributed by atoms with Gasteiger partial charge in [-0.2, -0.15) is 0 Å². The smallest absolute Gasteiger partial charge is 0.160 e. The fourth-order valence-corrected chi connectivity index (χ4v) is 1.68. The highest BCUT2D eigenvalue weighted by Gasteiger charge is 2.06. The van der Waals surface area contributed by atoms with E-state index in [1.54, 1.807) is 25.6 Å². The number of methoxy groups -OCH3 is 1. The molecular formula is C11H12ClN3O. The van der Waals surface area contributed by atoms with Gasteiger partial charge in [0, 0.05) is 12.4 Å². The minimum absolute atomic E-state index is 0.590. The second kappa shape index (κ2) is 4.90. The highest BCUT2D eigenvalue weighted by molar-refractivity contribution is 6.32. The molecule has 1 heterocycles. The minimum atomic E-state index is 0.590. The van der Waals surface area contributed by atoms with Crippen LogP contribution in [-0.4, -0.2) is 17.1 Å². The molecule has 84 valence electrons. The maximum Gasteiger partial charge on any atom is 0.160 e. The Morgan fingerprint density at radius 2 is 2.38 bits per heavy atom. The number of hydrogen-bond donors (Lipinski definition) is 2. The summed E-state index contributed by atoms with van der Waals surface area (Å²) >= 11 is 6.00. The molecule has 16 heavy (non-hydrogen) atoms. The molecule has 0 aliphatic rings. The van der Waals surface area contributed by atoms with Crippen LogP contribution in [0.15, 0.2) is 30.6 Å². The van der Waals surface area contributed by atoms with Crippen LogP contribution in [0.1, 0.15) is 5.82 Å². The van der Waals surface area contributed by atoms with Gasteiger partial charge in [0.25, 0.3) is 0 Å². The topological polar surface area (TPSA) is 49.9 Å². The van der Waals surface area contributed by atoms with Crippen LogP contribution >= 0.6 is 11.6 Å². The zero-order valence-electron chi connectivity index (χ0n) is 8.83. The number of H-pyrrole nitrogens is 1. The van der Waals surface area contributed by atoms with Gasteiger partial charge in [-0.05, 0) is 12.1 Å². The van der Waals surface area contributed by atoms with E-state index in [-0.39, 0.29) is 0 Å². The van der Waals surface area contributed by atoms with Crippen LogP contribution in [-0.2, 0) is 6.54 Å². The number of halogens is 1. The number of para-hydroxylation sites is 1. The van der Waals surface area contributed by atoms with E-state index in [9.17, 15) is 0 Å².